The van der Waals surface area contributed by atoms with E-state index >= 15 is 0 Å². The van der Waals surface area contributed by atoms with Gasteiger partial charge in [0.1, 0.15) is 16.3 Å². The number of carbonyl (C=O) groups is 1. The van der Waals surface area contributed by atoms with Crippen molar-refractivity contribution in [2.24, 2.45) is 11.8 Å². The molecule has 1 aromatic carbocycles. The number of hydrogen-bond acceptors (Lipinski definition) is 7. The van der Waals surface area contributed by atoms with Crippen molar-refractivity contribution in [2.75, 3.05) is 44.2 Å². The average Bonchev–Trinajstić information content (AvgIpc) is 3.22. The van der Waals surface area contributed by atoms with Gasteiger partial charge in [-0.1, -0.05) is 31.5 Å². The molecule has 2 aliphatic rings. The van der Waals surface area contributed by atoms with Crippen LogP contribution < -0.4 is 10.5 Å². The van der Waals surface area contributed by atoms with Crippen LogP contribution in [0.2, 0.25) is 5.02 Å². The molecule has 0 saturated carbocycles. The van der Waals surface area contributed by atoms with Crippen LogP contribution in [-0.4, -0.2) is 72.3 Å². The van der Waals surface area contributed by atoms with Crippen LogP contribution in [-0.2, 0) is 21.4 Å². The lowest BCUT2D eigenvalue weighted by Crippen LogP contribution is -2.50. The monoisotopic (exact) mass is 577 g/mol. The number of piperidine rings is 1. The second kappa shape index (κ2) is 10.6. The summed E-state index contributed by atoms with van der Waals surface area (Å²) in [5.74, 6) is 0.282. The van der Waals surface area contributed by atoms with Crippen molar-refractivity contribution in [3.8, 4) is 0 Å². The van der Waals surface area contributed by atoms with E-state index in [0.717, 1.165) is 12.1 Å². The Bertz CT molecular complexity index is 1520. The lowest BCUT2D eigenvalue weighted by molar-refractivity contribution is -0.132. The number of piperazine rings is 1. The number of halogens is 1. The van der Waals surface area contributed by atoms with Crippen LogP contribution in [0.5, 0.6) is 0 Å². The van der Waals surface area contributed by atoms with Gasteiger partial charge in [-0.05, 0) is 43.4 Å². The van der Waals surface area contributed by atoms with Crippen LogP contribution >= 0.6 is 22.9 Å². The molecule has 0 aliphatic carbocycles. The van der Waals surface area contributed by atoms with E-state index in [9.17, 15) is 18.0 Å². The van der Waals surface area contributed by atoms with E-state index in [4.69, 9.17) is 11.6 Å². The number of aryl methyl sites for hydroxylation is 1. The largest absolute Gasteiger partial charge is 0.368 e. The lowest BCUT2D eigenvalue weighted by atomic mass is 9.94. The Kier molecular flexibility index (Phi) is 7.56. The van der Waals surface area contributed by atoms with Gasteiger partial charge >= 0.3 is 0 Å². The fraction of sp³-hybridized carbons (Fsp3) is 0.500. The third-order valence-electron chi connectivity index (χ3n) is 7.34. The molecule has 0 bridgehead atoms. The number of fused-ring (bicyclic) bond motifs is 1. The molecule has 2 fully saturated rings. The quantitative estimate of drug-likeness (QED) is 0.461. The Labute approximate surface area is 231 Å². The Morgan fingerprint density at radius 2 is 1.82 bits per heavy atom. The summed E-state index contributed by atoms with van der Waals surface area (Å²) in [6, 6.07) is 7.62. The van der Waals surface area contributed by atoms with Crippen molar-refractivity contribution >= 4 is 54.8 Å². The van der Waals surface area contributed by atoms with Gasteiger partial charge < -0.3 is 9.80 Å². The molecule has 2 aliphatic heterocycles. The molecule has 38 heavy (non-hydrogen) atoms. The minimum absolute atomic E-state index is 0.0354. The van der Waals surface area contributed by atoms with Crippen LogP contribution in [0.15, 0.2) is 40.3 Å². The molecule has 9 nitrogen and oxygen atoms in total. The SMILES string of the molecule is Cc1sc2ncn(CC(=O)N3CCN(c4cccc(Cl)c4)CC3)c(=O)c2c1S(=O)(=O)N1CC(C)CC(C)C1. The number of rotatable bonds is 5. The molecule has 0 radical (unpaired) electrons. The van der Waals surface area contributed by atoms with Gasteiger partial charge in [-0.25, -0.2) is 13.4 Å². The molecule has 2 unspecified atom stereocenters. The zero-order valence-electron chi connectivity index (χ0n) is 21.8. The molecule has 0 N–H and O–H groups in total. The Balaban J connectivity index is 1.37. The predicted octanol–water partition coefficient (Wildman–Crippen LogP) is 3.44. The Morgan fingerprint density at radius 1 is 1.13 bits per heavy atom. The summed E-state index contributed by atoms with van der Waals surface area (Å²) < 4.78 is 30.2. The lowest BCUT2D eigenvalue weighted by Gasteiger charge is -2.36. The summed E-state index contributed by atoms with van der Waals surface area (Å²) in [5.41, 5.74) is 0.511. The second-order valence-corrected chi connectivity index (χ2v) is 14.0. The minimum atomic E-state index is -3.89. The van der Waals surface area contributed by atoms with E-state index in [2.05, 4.69) is 9.88 Å². The molecule has 0 spiro atoms. The number of aromatic nitrogens is 2. The normalized spacial score (nSPS) is 21.3. The third kappa shape index (κ3) is 5.21. The third-order valence-corrected chi connectivity index (χ3v) is 10.7. The van der Waals surface area contributed by atoms with Crippen molar-refractivity contribution in [3.63, 3.8) is 0 Å². The zero-order chi connectivity index (χ0) is 27.2. The van der Waals surface area contributed by atoms with Gasteiger partial charge in [0, 0.05) is 54.9 Å². The molecule has 4 heterocycles. The molecule has 12 heteroatoms. The molecule has 2 atom stereocenters. The predicted molar refractivity (Wildman–Crippen MR) is 151 cm³/mol. The van der Waals surface area contributed by atoms with E-state index in [-0.39, 0.29) is 34.6 Å². The first-order valence-corrected chi connectivity index (χ1v) is 15.4. The highest BCUT2D eigenvalue weighted by Gasteiger charge is 2.36. The van der Waals surface area contributed by atoms with Crippen LogP contribution in [0.3, 0.4) is 0 Å². The summed E-state index contributed by atoms with van der Waals surface area (Å²) in [5, 5.41) is 0.747. The highest BCUT2D eigenvalue weighted by molar-refractivity contribution is 7.89. The molecular weight excluding hydrogens is 546 g/mol. The van der Waals surface area contributed by atoms with Gasteiger partial charge in [0.25, 0.3) is 5.56 Å². The maximum absolute atomic E-state index is 13.7. The second-order valence-electron chi connectivity index (χ2n) is 10.5. The molecule has 204 valence electrons. The van der Waals surface area contributed by atoms with Gasteiger partial charge in [-0.15, -0.1) is 11.3 Å². The average molecular weight is 578 g/mol. The first kappa shape index (κ1) is 27.1. The van der Waals surface area contributed by atoms with E-state index < -0.39 is 15.6 Å². The number of sulfonamides is 1. The van der Waals surface area contributed by atoms with Gasteiger partial charge in [0.2, 0.25) is 15.9 Å². The number of nitrogens with zero attached hydrogens (tertiary/aromatic N) is 5. The zero-order valence-corrected chi connectivity index (χ0v) is 24.2. The molecule has 2 saturated heterocycles. The summed E-state index contributed by atoms with van der Waals surface area (Å²) in [6.45, 7) is 8.80. The number of carbonyl (C=O) groups excluding carboxylic acids is 1. The van der Waals surface area contributed by atoms with E-state index in [1.807, 2.05) is 38.1 Å². The first-order chi connectivity index (χ1) is 18.0. The highest BCUT2D eigenvalue weighted by Crippen LogP contribution is 2.35. The standard InChI is InChI=1S/C26H32ClN5O4S2/c1-17-11-18(2)14-32(13-17)38(35,36)24-19(3)37-25-23(24)26(34)31(16-28-25)15-22(33)30-9-7-29(8-10-30)21-6-4-5-20(27)12-21/h4-6,12,16-18H,7-11,13-15H2,1-3H3. The fourth-order valence-corrected chi connectivity index (χ4v) is 9.13. The maximum Gasteiger partial charge on any atom is 0.263 e. The van der Waals surface area contributed by atoms with Crippen molar-refractivity contribution in [2.45, 2.75) is 38.6 Å². The minimum Gasteiger partial charge on any atom is -0.368 e. The topological polar surface area (TPSA) is 95.8 Å². The molecular formula is C26H32ClN5O4S2. The molecule has 5 rings (SSSR count). The number of hydrogen-bond donors (Lipinski definition) is 0. The van der Waals surface area contributed by atoms with Gasteiger partial charge in [-0.3, -0.25) is 14.2 Å². The van der Waals surface area contributed by atoms with Crippen molar-refractivity contribution < 1.29 is 13.2 Å². The van der Waals surface area contributed by atoms with Gasteiger partial charge in [-0.2, -0.15) is 4.31 Å². The van der Waals surface area contributed by atoms with Crippen LogP contribution in [0.1, 0.15) is 25.1 Å². The summed E-state index contributed by atoms with van der Waals surface area (Å²) >= 11 is 7.32. The molecule has 1 amide bonds. The van der Waals surface area contributed by atoms with Crippen molar-refractivity contribution in [1.29, 1.82) is 0 Å². The number of benzene rings is 1. The molecule has 3 aromatic rings. The first-order valence-electron chi connectivity index (χ1n) is 12.8. The Morgan fingerprint density at radius 3 is 2.47 bits per heavy atom. The smallest absolute Gasteiger partial charge is 0.263 e. The summed E-state index contributed by atoms with van der Waals surface area (Å²) in [7, 11) is -3.89. The highest BCUT2D eigenvalue weighted by atomic mass is 35.5. The fourth-order valence-electron chi connectivity index (χ4n) is 5.60. The number of thiophene rings is 1. The number of anilines is 1. The van der Waals surface area contributed by atoms with E-state index in [1.165, 1.54) is 26.5 Å². The van der Waals surface area contributed by atoms with Crippen LogP contribution in [0.4, 0.5) is 5.69 Å². The van der Waals surface area contributed by atoms with Crippen LogP contribution in [0, 0.1) is 18.8 Å². The number of amides is 1. The van der Waals surface area contributed by atoms with Crippen LogP contribution in [0.25, 0.3) is 10.2 Å². The molecule has 2 aromatic heterocycles. The summed E-state index contributed by atoms with van der Waals surface area (Å²) in [6.07, 6.45) is 2.32. The van der Waals surface area contributed by atoms with Gasteiger partial charge in [0.15, 0.2) is 0 Å². The Hall–Kier alpha value is -2.47. The van der Waals surface area contributed by atoms with E-state index in [0.29, 0.717) is 54.0 Å². The van der Waals surface area contributed by atoms with Crippen molar-refractivity contribution in [3.05, 3.63) is 50.8 Å². The van der Waals surface area contributed by atoms with E-state index in [1.54, 1.807) is 11.8 Å². The van der Waals surface area contributed by atoms with Gasteiger partial charge in [0.05, 0.1) is 11.7 Å². The maximum atomic E-state index is 13.7. The summed E-state index contributed by atoms with van der Waals surface area (Å²) in [4.78, 5) is 35.9. The van der Waals surface area contributed by atoms with Crippen molar-refractivity contribution in [1.82, 2.24) is 18.8 Å².